The number of nitrogens with zero attached hydrogens (tertiary/aromatic N) is 4. The van der Waals surface area contributed by atoms with Crippen molar-refractivity contribution in [3.8, 4) is 11.1 Å². The largest absolute Gasteiger partial charge is 0.378 e. The van der Waals surface area contributed by atoms with Gasteiger partial charge in [0.1, 0.15) is 0 Å². The van der Waals surface area contributed by atoms with E-state index in [1.807, 2.05) is 23.2 Å². The van der Waals surface area contributed by atoms with E-state index < -0.39 is 0 Å². The molecule has 2 aromatic carbocycles. The number of amides is 1. The molecule has 1 amide bonds. The predicted octanol–water partition coefficient (Wildman–Crippen LogP) is 4.77. The molecule has 1 aliphatic heterocycles. The summed E-state index contributed by atoms with van der Waals surface area (Å²) in [6, 6.07) is 14.5. The number of rotatable bonds is 4. The lowest BCUT2D eigenvalue weighted by Crippen LogP contribution is -2.25. The van der Waals surface area contributed by atoms with Gasteiger partial charge >= 0.3 is 0 Å². The van der Waals surface area contributed by atoms with Crippen LogP contribution in [0, 0.1) is 0 Å². The maximum absolute atomic E-state index is 12.1. The van der Waals surface area contributed by atoms with Gasteiger partial charge in [-0.15, -0.1) is 0 Å². The van der Waals surface area contributed by atoms with E-state index in [-0.39, 0.29) is 11.9 Å². The van der Waals surface area contributed by atoms with E-state index in [4.69, 9.17) is 0 Å². The van der Waals surface area contributed by atoms with Gasteiger partial charge < -0.3 is 10.2 Å². The molecule has 154 valence electrons. The normalized spacial score (nSPS) is 13.8. The van der Waals surface area contributed by atoms with Gasteiger partial charge in [0.15, 0.2) is 0 Å². The van der Waals surface area contributed by atoms with E-state index >= 15 is 0 Å². The Bertz CT molecular complexity index is 1270. The fourth-order valence-corrected chi connectivity index (χ4v) is 4.22. The first kappa shape index (κ1) is 19.2. The summed E-state index contributed by atoms with van der Waals surface area (Å²) in [7, 11) is 0. The average molecular weight is 409 g/mol. The maximum atomic E-state index is 12.1. The third kappa shape index (κ3) is 3.61. The number of fused-ring (bicyclic) bond motifs is 2. The fraction of sp³-hybridized carbons (Fsp3) is 0.200. The first-order chi connectivity index (χ1) is 15.1. The number of carbonyl (C=O) groups excluding carboxylic acids is 1. The van der Waals surface area contributed by atoms with E-state index in [1.54, 1.807) is 25.5 Å². The molecule has 1 aliphatic rings. The van der Waals surface area contributed by atoms with Gasteiger partial charge in [0, 0.05) is 55.2 Å². The van der Waals surface area contributed by atoms with Gasteiger partial charge in [0.05, 0.1) is 17.1 Å². The molecule has 0 aliphatic carbocycles. The van der Waals surface area contributed by atoms with Crippen LogP contribution in [0.25, 0.3) is 22.2 Å². The summed E-state index contributed by atoms with van der Waals surface area (Å²) in [5.41, 5.74) is 7.94. The zero-order valence-corrected chi connectivity index (χ0v) is 17.5. The second-order valence-electron chi connectivity index (χ2n) is 7.86. The standard InChI is InChI=1S/C25H23N5O/c1-16(20-4-3-8-26-15-20)29-21-13-22(25-23(14-21)27-9-10-28-25)19-6-5-18-7-11-30(17(2)31)24(18)12-19/h3-6,8-10,12-16,29H,7,11H2,1-2H3. The van der Waals surface area contributed by atoms with Crippen LogP contribution in [0.3, 0.4) is 0 Å². The monoisotopic (exact) mass is 409 g/mol. The Morgan fingerprint density at radius 3 is 2.77 bits per heavy atom. The smallest absolute Gasteiger partial charge is 0.223 e. The number of nitrogens with one attached hydrogen (secondary N) is 1. The number of hydrogen-bond donors (Lipinski definition) is 1. The molecule has 2 aromatic heterocycles. The minimum Gasteiger partial charge on any atom is -0.378 e. The van der Waals surface area contributed by atoms with Crippen molar-refractivity contribution in [1.82, 2.24) is 15.0 Å². The van der Waals surface area contributed by atoms with Crippen molar-refractivity contribution in [1.29, 1.82) is 0 Å². The van der Waals surface area contributed by atoms with Crippen LogP contribution >= 0.6 is 0 Å². The van der Waals surface area contributed by atoms with Crippen LogP contribution in [0.5, 0.6) is 0 Å². The van der Waals surface area contributed by atoms with Gasteiger partial charge in [-0.05, 0) is 54.3 Å². The summed E-state index contributed by atoms with van der Waals surface area (Å²) < 4.78 is 0. The second kappa shape index (κ2) is 7.80. The summed E-state index contributed by atoms with van der Waals surface area (Å²) in [5.74, 6) is 0.0706. The van der Waals surface area contributed by atoms with E-state index in [0.717, 1.165) is 52.1 Å². The minimum atomic E-state index is 0.0706. The number of benzene rings is 2. The molecule has 0 bridgehead atoms. The highest BCUT2D eigenvalue weighted by Crippen LogP contribution is 2.36. The molecule has 0 saturated heterocycles. The van der Waals surface area contributed by atoms with E-state index in [9.17, 15) is 4.79 Å². The molecular formula is C25H23N5O. The van der Waals surface area contributed by atoms with Gasteiger partial charge in [0.2, 0.25) is 5.91 Å². The number of carbonyl (C=O) groups is 1. The van der Waals surface area contributed by atoms with E-state index in [2.05, 4.69) is 57.5 Å². The Labute approximate surface area is 181 Å². The summed E-state index contributed by atoms with van der Waals surface area (Å²) in [6.45, 7) is 4.46. The van der Waals surface area contributed by atoms with Crippen molar-refractivity contribution in [3.63, 3.8) is 0 Å². The van der Waals surface area contributed by atoms with Crippen molar-refractivity contribution in [2.45, 2.75) is 26.3 Å². The van der Waals surface area contributed by atoms with Gasteiger partial charge in [-0.3, -0.25) is 19.7 Å². The molecule has 31 heavy (non-hydrogen) atoms. The summed E-state index contributed by atoms with van der Waals surface area (Å²) in [6.07, 6.45) is 7.96. The van der Waals surface area contributed by atoms with Crippen molar-refractivity contribution < 1.29 is 4.79 Å². The molecule has 1 atom stereocenters. The highest BCUT2D eigenvalue weighted by Gasteiger charge is 2.23. The lowest BCUT2D eigenvalue weighted by molar-refractivity contribution is -0.116. The Hall–Kier alpha value is -3.80. The molecule has 3 heterocycles. The predicted molar refractivity (Wildman–Crippen MR) is 123 cm³/mol. The molecule has 6 heteroatoms. The Morgan fingerprint density at radius 1 is 1.10 bits per heavy atom. The van der Waals surface area contributed by atoms with Gasteiger partial charge in [-0.1, -0.05) is 18.2 Å². The molecule has 6 nitrogen and oxygen atoms in total. The average Bonchev–Trinajstić information content (AvgIpc) is 3.23. The first-order valence-electron chi connectivity index (χ1n) is 10.4. The Kier molecular flexibility index (Phi) is 4.82. The molecular weight excluding hydrogens is 386 g/mol. The minimum absolute atomic E-state index is 0.0706. The Morgan fingerprint density at radius 2 is 1.97 bits per heavy atom. The molecule has 1 unspecified atom stereocenters. The molecule has 1 N–H and O–H groups in total. The van der Waals surface area contributed by atoms with Crippen LogP contribution in [-0.4, -0.2) is 27.4 Å². The fourth-order valence-electron chi connectivity index (χ4n) is 4.22. The quantitative estimate of drug-likeness (QED) is 0.525. The van der Waals surface area contributed by atoms with Crippen LogP contribution in [0.1, 0.15) is 31.0 Å². The summed E-state index contributed by atoms with van der Waals surface area (Å²) in [5, 5.41) is 3.57. The van der Waals surface area contributed by atoms with E-state index in [0.29, 0.717) is 0 Å². The third-order valence-electron chi connectivity index (χ3n) is 5.81. The highest BCUT2D eigenvalue weighted by molar-refractivity contribution is 5.98. The summed E-state index contributed by atoms with van der Waals surface area (Å²) in [4.78, 5) is 27.3. The van der Waals surface area contributed by atoms with Crippen LogP contribution in [0.2, 0.25) is 0 Å². The van der Waals surface area contributed by atoms with Crippen LogP contribution in [0.15, 0.2) is 67.3 Å². The topological polar surface area (TPSA) is 71.0 Å². The molecule has 0 fully saturated rings. The number of hydrogen-bond acceptors (Lipinski definition) is 5. The third-order valence-corrected chi connectivity index (χ3v) is 5.81. The molecule has 0 saturated carbocycles. The number of pyridine rings is 1. The molecule has 0 radical (unpaired) electrons. The van der Waals surface area contributed by atoms with Gasteiger partial charge in [-0.2, -0.15) is 0 Å². The van der Waals surface area contributed by atoms with Crippen LogP contribution in [0.4, 0.5) is 11.4 Å². The lowest BCUT2D eigenvalue weighted by Gasteiger charge is -2.18. The second-order valence-corrected chi connectivity index (χ2v) is 7.86. The van der Waals surface area contributed by atoms with Crippen molar-refractivity contribution in [2.24, 2.45) is 0 Å². The van der Waals surface area contributed by atoms with Crippen molar-refractivity contribution in [3.05, 3.63) is 78.4 Å². The van der Waals surface area contributed by atoms with Crippen LogP contribution < -0.4 is 10.2 Å². The summed E-state index contributed by atoms with van der Waals surface area (Å²) >= 11 is 0. The molecule has 5 rings (SSSR count). The molecule has 0 spiro atoms. The zero-order valence-electron chi connectivity index (χ0n) is 17.5. The number of anilines is 2. The maximum Gasteiger partial charge on any atom is 0.223 e. The molecule has 4 aromatic rings. The highest BCUT2D eigenvalue weighted by atomic mass is 16.2. The SMILES string of the molecule is CC(=O)N1CCc2ccc(-c3cc(NC(C)c4cccnc4)cc4nccnc34)cc21. The first-order valence-corrected chi connectivity index (χ1v) is 10.4. The van der Waals surface area contributed by atoms with Gasteiger partial charge in [-0.25, -0.2) is 0 Å². The van der Waals surface area contributed by atoms with Crippen molar-refractivity contribution in [2.75, 3.05) is 16.8 Å². The van der Waals surface area contributed by atoms with Crippen LogP contribution in [-0.2, 0) is 11.2 Å². The van der Waals surface area contributed by atoms with E-state index in [1.165, 1.54) is 5.56 Å². The lowest BCUT2D eigenvalue weighted by atomic mass is 9.99. The van der Waals surface area contributed by atoms with Gasteiger partial charge in [0.25, 0.3) is 0 Å². The Balaban J connectivity index is 1.59. The van der Waals surface area contributed by atoms with Crippen molar-refractivity contribution >= 4 is 28.3 Å². The number of aromatic nitrogens is 3. The zero-order chi connectivity index (χ0) is 21.4.